The van der Waals surface area contributed by atoms with Gasteiger partial charge in [-0.25, -0.2) is 0 Å². The van der Waals surface area contributed by atoms with Crippen LogP contribution in [0.5, 0.6) is 0 Å². The van der Waals surface area contributed by atoms with Gasteiger partial charge in [-0.2, -0.15) is 5.10 Å². The summed E-state index contributed by atoms with van der Waals surface area (Å²) in [5.41, 5.74) is 2.23. The zero-order valence-electron chi connectivity index (χ0n) is 16.6. The molecule has 7 nitrogen and oxygen atoms in total. The van der Waals surface area contributed by atoms with Crippen LogP contribution in [-0.4, -0.2) is 56.0 Å². The number of aryl methyl sites for hydroxylation is 2. The summed E-state index contributed by atoms with van der Waals surface area (Å²) in [6.07, 6.45) is 4.68. The molecule has 2 aliphatic rings. The molecule has 1 spiro atoms. The maximum Gasteiger partial charge on any atom is 0.231 e. The number of pyridine rings is 1. The van der Waals surface area contributed by atoms with Crippen molar-refractivity contribution >= 4 is 11.8 Å². The van der Waals surface area contributed by atoms with E-state index in [0.29, 0.717) is 19.5 Å². The van der Waals surface area contributed by atoms with Gasteiger partial charge in [0.25, 0.3) is 0 Å². The van der Waals surface area contributed by atoms with Gasteiger partial charge in [-0.1, -0.05) is 6.07 Å². The Bertz CT molecular complexity index is 892. The zero-order valence-corrected chi connectivity index (χ0v) is 16.6. The SMILES string of the molecule is Cc1cccc(CN2CC[C@@]3(CCCN(C(=O)Cc4ccn(C)n4)C3)C2=O)n1. The number of rotatable bonds is 4. The first-order valence-electron chi connectivity index (χ1n) is 9.93. The summed E-state index contributed by atoms with van der Waals surface area (Å²) < 4.78 is 1.71. The summed E-state index contributed by atoms with van der Waals surface area (Å²) in [5.74, 6) is 0.232. The lowest BCUT2D eigenvalue weighted by atomic mass is 9.78. The minimum Gasteiger partial charge on any atom is -0.341 e. The minimum atomic E-state index is -0.429. The monoisotopic (exact) mass is 381 g/mol. The van der Waals surface area contributed by atoms with E-state index in [1.165, 1.54) is 0 Å². The fourth-order valence-electron chi connectivity index (χ4n) is 4.47. The number of aromatic nitrogens is 3. The van der Waals surface area contributed by atoms with Crippen molar-refractivity contribution in [2.24, 2.45) is 12.5 Å². The highest BCUT2D eigenvalue weighted by atomic mass is 16.2. The third-order valence-corrected chi connectivity index (χ3v) is 5.93. The molecule has 0 bridgehead atoms. The van der Waals surface area contributed by atoms with Gasteiger partial charge in [-0.05, 0) is 44.4 Å². The minimum absolute atomic E-state index is 0.0596. The summed E-state index contributed by atoms with van der Waals surface area (Å²) in [6, 6.07) is 7.78. The number of carbonyl (C=O) groups excluding carboxylic acids is 2. The Morgan fingerprint density at radius 1 is 1.18 bits per heavy atom. The Labute approximate surface area is 165 Å². The maximum absolute atomic E-state index is 13.2. The Balaban J connectivity index is 1.42. The largest absolute Gasteiger partial charge is 0.341 e. The van der Waals surface area contributed by atoms with Crippen molar-refractivity contribution in [2.45, 2.75) is 39.2 Å². The van der Waals surface area contributed by atoms with E-state index >= 15 is 0 Å². The van der Waals surface area contributed by atoms with Crippen molar-refractivity contribution in [1.29, 1.82) is 0 Å². The predicted octanol–water partition coefficient (Wildman–Crippen LogP) is 1.71. The van der Waals surface area contributed by atoms with E-state index in [9.17, 15) is 9.59 Å². The van der Waals surface area contributed by atoms with E-state index in [2.05, 4.69) is 10.1 Å². The molecule has 0 N–H and O–H groups in total. The molecular weight excluding hydrogens is 354 g/mol. The molecule has 0 radical (unpaired) electrons. The van der Waals surface area contributed by atoms with Crippen LogP contribution in [0.25, 0.3) is 0 Å². The smallest absolute Gasteiger partial charge is 0.231 e. The number of piperidine rings is 1. The van der Waals surface area contributed by atoms with Crippen molar-refractivity contribution < 1.29 is 9.59 Å². The lowest BCUT2D eigenvalue weighted by molar-refractivity contribution is -0.143. The number of amides is 2. The second kappa shape index (κ2) is 7.37. The average Bonchev–Trinajstić information content (AvgIpc) is 3.20. The Morgan fingerprint density at radius 2 is 2.04 bits per heavy atom. The van der Waals surface area contributed by atoms with Gasteiger partial charge in [-0.3, -0.25) is 19.3 Å². The second-order valence-electron chi connectivity index (χ2n) is 8.10. The van der Waals surface area contributed by atoms with Gasteiger partial charge < -0.3 is 9.80 Å². The summed E-state index contributed by atoms with van der Waals surface area (Å²) in [6.45, 7) is 4.49. The Hall–Kier alpha value is -2.70. The molecule has 148 valence electrons. The molecule has 2 amide bonds. The van der Waals surface area contributed by atoms with E-state index in [0.717, 1.165) is 49.4 Å². The topological polar surface area (TPSA) is 71.3 Å². The van der Waals surface area contributed by atoms with Crippen LogP contribution >= 0.6 is 0 Å². The number of hydrogen-bond donors (Lipinski definition) is 0. The number of likely N-dealkylation sites (tertiary alicyclic amines) is 2. The predicted molar refractivity (Wildman–Crippen MR) is 104 cm³/mol. The van der Waals surface area contributed by atoms with E-state index in [4.69, 9.17) is 0 Å². The number of nitrogens with zero attached hydrogens (tertiary/aromatic N) is 5. The van der Waals surface area contributed by atoms with Crippen LogP contribution in [0.15, 0.2) is 30.5 Å². The first kappa shape index (κ1) is 18.7. The van der Waals surface area contributed by atoms with Crippen molar-refractivity contribution in [3.05, 3.63) is 47.5 Å². The molecule has 2 aromatic rings. The lowest BCUT2D eigenvalue weighted by Crippen LogP contribution is -2.50. The van der Waals surface area contributed by atoms with E-state index in [1.807, 2.05) is 54.2 Å². The highest BCUT2D eigenvalue weighted by Gasteiger charge is 2.49. The number of hydrogen-bond acceptors (Lipinski definition) is 4. The molecule has 2 aliphatic heterocycles. The lowest BCUT2D eigenvalue weighted by Gasteiger charge is -2.39. The van der Waals surface area contributed by atoms with Crippen LogP contribution in [-0.2, 0) is 29.6 Å². The number of carbonyl (C=O) groups is 2. The quantitative estimate of drug-likeness (QED) is 0.808. The summed E-state index contributed by atoms with van der Waals surface area (Å²) in [4.78, 5) is 34.3. The molecule has 0 unspecified atom stereocenters. The molecule has 0 aliphatic carbocycles. The Morgan fingerprint density at radius 3 is 2.79 bits per heavy atom. The molecule has 2 aromatic heterocycles. The third kappa shape index (κ3) is 3.66. The van der Waals surface area contributed by atoms with Gasteiger partial charge in [0.2, 0.25) is 11.8 Å². The normalized spacial score (nSPS) is 22.3. The summed E-state index contributed by atoms with van der Waals surface area (Å²) in [5, 5.41) is 4.30. The van der Waals surface area contributed by atoms with Crippen LogP contribution in [0.2, 0.25) is 0 Å². The van der Waals surface area contributed by atoms with Gasteiger partial charge in [-0.15, -0.1) is 0 Å². The molecule has 4 rings (SSSR count). The van der Waals surface area contributed by atoms with Gasteiger partial charge in [0.15, 0.2) is 0 Å². The first-order chi connectivity index (χ1) is 13.4. The van der Waals surface area contributed by atoms with Crippen LogP contribution in [0.1, 0.15) is 36.3 Å². The van der Waals surface area contributed by atoms with Crippen molar-refractivity contribution in [1.82, 2.24) is 24.6 Å². The first-order valence-corrected chi connectivity index (χ1v) is 9.93. The summed E-state index contributed by atoms with van der Waals surface area (Å²) >= 11 is 0. The van der Waals surface area contributed by atoms with Crippen molar-refractivity contribution in [2.75, 3.05) is 19.6 Å². The maximum atomic E-state index is 13.2. The fourth-order valence-corrected chi connectivity index (χ4v) is 4.47. The van der Waals surface area contributed by atoms with E-state index in [-0.39, 0.29) is 11.8 Å². The van der Waals surface area contributed by atoms with Crippen LogP contribution in [0.3, 0.4) is 0 Å². The molecule has 7 heteroatoms. The van der Waals surface area contributed by atoms with Crippen LogP contribution in [0, 0.1) is 12.3 Å². The van der Waals surface area contributed by atoms with Gasteiger partial charge >= 0.3 is 0 Å². The molecular formula is C21H27N5O2. The third-order valence-electron chi connectivity index (χ3n) is 5.93. The Kier molecular flexibility index (Phi) is 4.91. The highest BCUT2D eigenvalue weighted by molar-refractivity contribution is 5.86. The molecule has 28 heavy (non-hydrogen) atoms. The van der Waals surface area contributed by atoms with Crippen molar-refractivity contribution in [3.63, 3.8) is 0 Å². The highest BCUT2D eigenvalue weighted by Crippen LogP contribution is 2.40. The molecule has 0 aromatic carbocycles. The summed E-state index contributed by atoms with van der Waals surface area (Å²) in [7, 11) is 1.85. The van der Waals surface area contributed by atoms with Gasteiger partial charge in [0, 0.05) is 38.6 Å². The molecule has 4 heterocycles. The standard InChI is InChI=1S/C21H27N5O2/c1-16-5-3-6-18(22-16)14-25-12-9-21(20(25)28)8-4-10-26(15-21)19(27)13-17-7-11-24(2)23-17/h3,5-7,11H,4,8-10,12-15H2,1-2H3/t21-/m1/s1. The van der Waals surface area contributed by atoms with Crippen LogP contribution in [0.4, 0.5) is 0 Å². The van der Waals surface area contributed by atoms with E-state index in [1.54, 1.807) is 4.68 Å². The fraction of sp³-hybridized carbons (Fsp3) is 0.524. The molecule has 1 atom stereocenters. The molecule has 2 fully saturated rings. The molecule has 0 saturated carbocycles. The zero-order chi connectivity index (χ0) is 19.7. The van der Waals surface area contributed by atoms with Crippen molar-refractivity contribution in [3.8, 4) is 0 Å². The van der Waals surface area contributed by atoms with Gasteiger partial charge in [0.05, 0.1) is 29.8 Å². The average molecular weight is 381 g/mol. The second-order valence-corrected chi connectivity index (χ2v) is 8.10. The molecule has 2 saturated heterocycles. The van der Waals surface area contributed by atoms with Gasteiger partial charge in [0.1, 0.15) is 0 Å². The van der Waals surface area contributed by atoms with Crippen LogP contribution < -0.4 is 0 Å². The van der Waals surface area contributed by atoms with E-state index < -0.39 is 5.41 Å².